The molecule has 2 rings (SSSR count). The van der Waals surface area contributed by atoms with Crippen molar-refractivity contribution >= 4 is 11.4 Å². The number of nitrogens with one attached hydrogen (secondary N) is 1. The second kappa shape index (κ2) is 5.81. The largest absolute Gasteiger partial charge is 0.397 e. The maximum absolute atomic E-state index is 13.7. The van der Waals surface area contributed by atoms with E-state index in [2.05, 4.69) is 19.2 Å². The molecule has 1 saturated carbocycles. The second-order valence-corrected chi connectivity index (χ2v) is 6.38. The average molecular weight is 264 g/mol. The first kappa shape index (κ1) is 14.2. The van der Waals surface area contributed by atoms with Crippen LogP contribution in [0.15, 0.2) is 18.2 Å². The van der Waals surface area contributed by atoms with E-state index in [-0.39, 0.29) is 11.2 Å². The highest BCUT2D eigenvalue weighted by Crippen LogP contribution is 2.38. The van der Waals surface area contributed by atoms with Gasteiger partial charge in [0.2, 0.25) is 0 Å². The molecule has 0 saturated heterocycles. The fourth-order valence-corrected chi connectivity index (χ4v) is 3.07. The first-order valence-corrected chi connectivity index (χ1v) is 7.28. The van der Waals surface area contributed by atoms with Gasteiger partial charge in [-0.3, -0.25) is 0 Å². The first-order valence-electron chi connectivity index (χ1n) is 7.28. The van der Waals surface area contributed by atoms with E-state index >= 15 is 0 Å². The third-order valence-electron chi connectivity index (χ3n) is 4.48. The Balaban J connectivity index is 2.00. The molecule has 1 aliphatic rings. The number of benzene rings is 1. The third kappa shape index (κ3) is 3.40. The molecule has 0 heterocycles. The summed E-state index contributed by atoms with van der Waals surface area (Å²) in [6.07, 6.45) is 6.61. The zero-order chi connectivity index (χ0) is 13.9. The van der Waals surface area contributed by atoms with Crippen LogP contribution in [0.3, 0.4) is 0 Å². The number of halogens is 1. The molecule has 0 atom stereocenters. The number of nitrogens with two attached hydrogens (primary N) is 1. The van der Waals surface area contributed by atoms with Gasteiger partial charge in [0.1, 0.15) is 5.82 Å². The number of hydrogen-bond donors (Lipinski definition) is 2. The van der Waals surface area contributed by atoms with Crippen LogP contribution in [-0.2, 0) is 0 Å². The van der Waals surface area contributed by atoms with Crippen LogP contribution in [0.25, 0.3) is 0 Å². The van der Waals surface area contributed by atoms with Crippen molar-refractivity contribution in [3.63, 3.8) is 0 Å². The molecular weight excluding hydrogens is 239 g/mol. The van der Waals surface area contributed by atoms with E-state index in [0.717, 1.165) is 12.5 Å². The maximum Gasteiger partial charge on any atom is 0.148 e. The van der Waals surface area contributed by atoms with Crippen molar-refractivity contribution in [3.8, 4) is 0 Å². The molecule has 0 aromatic heterocycles. The van der Waals surface area contributed by atoms with E-state index in [4.69, 9.17) is 5.73 Å². The Kier molecular flexibility index (Phi) is 4.33. The Morgan fingerprint density at radius 1 is 1.26 bits per heavy atom. The topological polar surface area (TPSA) is 38.0 Å². The van der Waals surface area contributed by atoms with Gasteiger partial charge in [-0.2, -0.15) is 0 Å². The lowest BCUT2D eigenvalue weighted by Gasteiger charge is -2.37. The fourth-order valence-electron chi connectivity index (χ4n) is 3.07. The zero-order valence-electron chi connectivity index (χ0n) is 12.0. The number of rotatable bonds is 4. The lowest BCUT2D eigenvalue weighted by atomic mass is 9.71. The SMILES string of the molecule is CC(C)(CNc1c(N)cccc1F)C1CCCCC1. The van der Waals surface area contributed by atoms with Gasteiger partial charge in [0.15, 0.2) is 0 Å². The summed E-state index contributed by atoms with van der Waals surface area (Å²) >= 11 is 0. The molecule has 1 fully saturated rings. The molecular formula is C16H25FN2. The Bertz CT molecular complexity index is 403. The zero-order valence-corrected chi connectivity index (χ0v) is 12.0. The predicted octanol–water partition coefficient (Wildman–Crippen LogP) is 4.43. The quantitative estimate of drug-likeness (QED) is 0.790. The molecule has 106 valence electrons. The summed E-state index contributed by atoms with van der Waals surface area (Å²) in [7, 11) is 0. The van der Waals surface area contributed by atoms with Crippen LogP contribution in [0.1, 0.15) is 46.0 Å². The Morgan fingerprint density at radius 2 is 1.95 bits per heavy atom. The molecule has 3 N–H and O–H groups in total. The summed E-state index contributed by atoms with van der Waals surface area (Å²) in [5.74, 6) is 0.459. The molecule has 0 radical (unpaired) electrons. The normalized spacial score (nSPS) is 17.4. The molecule has 2 nitrogen and oxygen atoms in total. The van der Waals surface area contributed by atoms with E-state index in [0.29, 0.717) is 11.4 Å². The molecule has 0 unspecified atom stereocenters. The van der Waals surface area contributed by atoms with Crippen molar-refractivity contribution in [1.82, 2.24) is 0 Å². The van der Waals surface area contributed by atoms with E-state index < -0.39 is 0 Å². The standard InChI is InChI=1S/C16H25FN2/c1-16(2,12-7-4-3-5-8-12)11-19-15-13(17)9-6-10-14(15)18/h6,9-10,12,19H,3-5,7-8,11,18H2,1-2H3. The summed E-state index contributed by atoms with van der Waals surface area (Å²) < 4.78 is 13.7. The lowest BCUT2D eigenvalue weighted by molar-refractivity contribution is 0.172. The number of para-hydroxylation sites is 1. The smallest absolute Gasteiger partial charge is 0.148 e. The van der Waals surface area contributed by atoms with Crippen molar-refractivity contribution in [2.75, 3.05) is 17.6 Å². The average Bonchev–Trinajstić information content (AvgIpc) is 2.39. The fraction of sp³-hybridized carbons (Fsp3) is 0.625. The molecule has 0 bridgehead atoms. The maximum atomic E-state index is 13.7. The van der Waals surface area contributed by atoms with Gasteiger partial charge in [0.05, 0.1) is 11.4 Å². The Hall–Kier alpha value is -1.25. The summed E-state index contributed by atoms with van der Waals surface area (Å²) in [4.78, 5) is 0. The van der Waals surface area contributed by atoms with Crippen LogP contribution in [0.5, 0.6) is 0 Å². The van der Waals surface area contributed by atoms with Crippen LogP contribution in [0.4, 0.5) is 15.8 Å². The summed E-state index contributed by atoms with van der Waals surface area (Å²) in [6.45, 7) is 5.31. The molecule has 1 aromatic carbocycles. The molecule has 1 aromatic rings. The summed E-state index contributed by atoms with van der Waals surface area (Å²) in [5.41, 5.74) is 6.94. The highest BCUT2D eigenvalue weighted by molar-refractivity contribution is 5.66. The molecule has 3 heteroatoms. The van der Waals surface area contributed by atoms with Gasteiger partial charge in [-0.15, -0.1) is 0 Å². The van der Waals surface area contributed by atoms with Gasteiger partial charge in [-0.25, -0.2) is 4.39 Å². The molecule has 19 heavy (non-hydrogen) atoms. The van der Waals surface area contributed by atoms with Crippen LogP contribution in [0, 0.1) is 17.2 Å². The Labute approximate surface area is 115 Å². The van der Waals surface area contributed by atoms with Crippen LogP contribution >= 0.6 is 0 Å². The number of anilines is 2. The van der Waals surface area contributed by atoms with Gasteiger partial charge in [-0.05, 0) is 36.3 Å². The van der Waals surface area contributed by atoms with Crippen molar-refractivity contribution in [2.24, 2.45) is 11.3 Å². The van der Waals surface area contributed by atoms with Crippen LogP contribution in [0.2, 0.25) is 0 Å². The Morgan fingerprint density at radius 3 is 2.58 bits per heavy atom. The van der Waals surface area contributed by atoms with Crippen molar-refractivity contribution < 1.29 is 4.39 Å². The van der Waals surface area contributed by atoms with Crippen LogP contribution in [-0.4, -0.2) is 6.54 Å². The molecule has 0 amide bonds. The van der Waals surface area contributed by atoms with Gasteiger partial charge < -0.3 is 11.1 Å². The molecule has 1 aliphatic carbocycles. The van der Waals surface area contributed by atoms with Gasteiger partial charge >= 0.3 is 0 Å². The first-order chi connectivity index (χ1) is 9.00. The van der Waals surface area contributed by atoms with Crippen molar-refractivity contribution in [1.29, 1.82) is 0 Å². The van der Waals surface area contributed by atoms with Crippen molar-refractivity contribution in [3.05, 3.63) is 24.0 Å². The van der Waals surface area contributed by atoms with E-state index in [1.165, 1.54) is 38.2 Å². The number of nitrogen functional groups attached to an aromatic ring is 1. The number of hydrogen-bond acceptors (Lipinski definition) is 2. The second-order valence-electron chi connectivity index (χ2n) is 6.38. The lowest BCUT2D eigenvalue weighted by Crippen LogP contribution is -2.33. The van der Waals surface area contributed by atoms with Crippen LogP contribution < -0.4 is 11.1 Å². The van der Waals surface area contributed by atoms with Crippen molar-refractivity contribution in [2.45, 2.75) is 46.0 Å². The highest BCUT2D eigenvalue weighted by Gasteiger charge is 2.30. The van der Waals surface area contributed by atoms with E-state index in [9.17, 15) is 4.39 Å². The van der Waals surface area contributed by atoms with Gasteiger partial charge in [-0.1, -0.05) is 39.2 Å². The minimum atomic E-state index is -0.264. The highest BCUT2D eigenvalue weighted by atomic mass is 19.1. The summed E-state index contributed by atoms with van der Waals surface area (Å²) in [6, 6.07) is 4.83. The predicted molar refractivity (Wildman–Crippen MR) is 79.7 cm³/mol. The minimum Gasteiger partial charge on any atom is -0.397 e. The molecule has 0 aliphatic heterocycles. The minimum absolute atomic E-state index is 0.176. The molecule has 0 spiro atoms. The third-order valence-corrected chi connectivity index (χ3v) is 4.48. The van der Waals surface area contributed by atoms with Gasteiger partial charge in [0.25, 0.3) is 0 Å². The van der Waals surface area contributed by atoms with Gasteiger partial charge in [0, 0.05) is 6.54 Å². The summed E-state index contributed by atoms with van der Waals surface area (Å²) in [5, 5.41) is 3.22. The van der Waals surface area contributed by atoms with E-state index in [1.807, 2.05) is 0 Å². The monoisotopic (exact) mass is 264 g/mol. The van der Waals surface area contributed by atoms with E-state index in [1.54, 1.807) is 12.1 Å².